The number of nitrogens with one attached hydrogen (secondary N) is 1. The third kappa shape index (κ3) is 4.41. The molecule has 1 amide bonds. The number of anilines is 1. The van der Waals surface area contributed by atoms with Crippen molar-refractivity contribution in [3.05, 3.63) is 64.0 Å². The van der Waals surface area contributed by atoms with Gasteiger partial charge in [0.05, 0.1) is 18.3 Å². The molecule has 3 aromatic rings. The number of carboxylic acids is 1. The molecule has 0 atom stereocenters. The number of aromatic nitrogens is 4. The zero-order valence-corrected chi connectivity index (χ0v) is 14.8. The van der Waals surface area contributed by atoms with Crippen LogP contribution in [0.2, 0.25) is 10.0 Å². The van der Waals surface area contributed by atoms with Crippen LogP contribution in [-0.2, 0) is 17.9 Å². The lowest BCUT2D eigenvalue weighted by Crippen LogP contribution is -2.19. The third-order valence-electron chi connectivity index (χ3n) is 3.44. The van der Waals surface area contributed by atoms with Gasteiger partial charge in [-0.1, -0.05) is 29.3 Å². The third-order valence-corrected chi connectivity index (χ3v) is 4.03. The van der Waals surface area contributed by atoms with Crippen molar-refractivity contribution in [1.29, 1.82) is 0 Å². The van der Waals surface area contributed by atoms with Crippen molar-refractivity contribution in [2.24, 2.45) is 0 Å². The van der Waals surface area contributed by atoms with E-state index in [1.807, 2.05) is 6.07 Å². The lowest BCUT2D eigenvalue weighted by molar-refractivity contribution is -0.116. The number of carboxylic acid groups (broad SMARTS) is 1. The number of hydrogen-bond donors (Lipinski definition) is 2. The molecule has 1 aromatic carbocycles. The molecular formula is C16H13Cl2N5O3. The summed E-state index contributed by atoms with van der Waals surface area (Å²) in [6.45, 7) is 0.302. The van der Waals surface area contributed by atoms with Gasteiger partial charge >= 0.3 is 5.97 Å². The number of halogens is 2. The molecule has 0 fully saturated rings. The van der Waals surface area contributed by atoms with E-state index in [1.165, 1.54) is 17.1 Å². The first-order valence-electron chi connectivity index (χ1n) is 7.43. The Morgan fingerprint density at radius 2 is 2.00 bits per heavy atom. The van der Waals surface area contributed by atoms with E-state index in [1.54, 1.807) is 29.1 Å². The number of aromatic carboxylic acids is 1. The molecule has 0 aliphatic rings. The molecule has 0 aliphatic heterocycles. The van der Waals surface area contributed by atoms with E-state index >= 15 is 0 Å². The summed E-state index contributed by atoms with van der Waals surface area (Å²) in [5.41, 5.74) is 0.858. The number of carbonyl (C=O) groups excluding carboxylic acids is 1. The van der Waals surface area contributed by atoms with Gasteiger partial charge < -0.3 is 10.4 Å². The Labute approximate surface area is 157 Å². The van der Waals surface area contributed by atoms with Gasteiger partial charge in [0.25, 0.3) is 0 Å². The normalized spacial score (nSPS) is 10.7. The summed E-state index contributed by atoms with van der Waals surface area (Å²) >= 11 is 12.0. The van der Waals surface area contributed by atoms with Gasteiger partial charge in [-0.25, -0.2) is 4.79 Å². The Hall–Kier alpha value is -2.84. The van der Waals surface area contributed by atoms with Crippen molar-refractivity contribution in [2.75, 3.05) is 5.32 Å². The van der Waals surface area contributed by atoms with E-state index in [0.717, 1.165) is 5.56 Å². The number of benzene rings is 1. The molecule has 0 unspecified atom stereocenters. The van der Waals surface area contributed by atoms with E-state index < -0.39 is 5.97 Å². The summed E-state index contributed by atoms with van der Waals surface area (Å²) in [7, 11) is 0. The minimum Gasteiger partial charge on any atom is -0.478 e. The predicted molar refractivity (Wildman–Crippen MR) is 95.6 cm³/mol. The monoisotopic (exact) mass is 393 g/mol. The van der Waals surface area contributed by atoms with Crippen LogP contribution in [-0.4, -0.2) is 36.5 Å². The largest absolute Gasteiger partial charge is 0.478 e. The van der Waals surface area contributed by atoms with Crippen LogP contribution in [0.5, 0.6) is 0 Å². The Balaban J connectivity index is 1.60. The molecule has 10 heteroatoms. The summed E-state index contributed by atoms with van der Waals surface area (Å²) in [5, 5.41) is 20.6. The molecular weight excluding hydrogens is 381 g/mol. The van der Waals surface area contributed by atoms with Crippen LogP contribution in [0, 0.1) is 0 Å². The maximum Gasteiger partial charge on any atom is 0.338 e. The zero-order valence-electron chi connectivity index (χ0n) is 13.3. The van der Waals surface area contributed by atoms with E-state index in [9.17, 15) is 9.59 Å². The van der Waals surface area contributed by atoms with Crippen molar-refractivity contribution < 1.29 is 14.7 Å². The van der Waals surface area contributed by atoms with Crippen molar-refractivity contribution in [3.63, 3.8) is 0 Å². The van der Waals surface area contributed by atoms with Gasteiger partial charge in [-0.2, -0.15) is 10.2 Å². The minimum absolute atomic E-state index is 0.0157. The molecule has 134 valence electrons. The van der Waals surface area contributed by atoms with E-state index in [-0.39, 0.29) is 18.0 Å². The molecule has 8 nitrogen and oxygen atoms in total. The van der Waals surface area contributed by atoms with Crippen LogP contribution in [0.15, 0.2) is 42.9 Å². The lowest BCUT2D eigenvalue weighted by atomic mass is 10.2. The number of amides is 1. The Kier molecular flexibility index (Phi) is 5.24. The molecule has 3 rings (SSSR count). The van der Waals surface area contributed by atoms with Gasteiger partial charge in [0.1, 0.15) is 6.54 Å². The SMILES string of the molecule is O=C(Cn1cc(C(=O)O)cn1)Nc1ccn(Cc2ccc(Cl)cc2Cl)n1. The smallest absolute Gasteiger partial charge is 0.338 e. The average molecular weight is 394 g/mol. The summed E-state index contributed by atoms with van der Waals surface area (Å²) < 4.78 is 2.87. The molecule has 0 bridgehead atoms. The molecule has 0 saturated carbocycles. The van der Waals surface area contributed by atoms with Gasteiger partial charge in [-0.15, -0.1) is 0 Å². The molecule has 0 radical (unpaired) electrons. The van der Waals surface area contributed by atoms with Crippen LogP contribution in [0.4, 0.5) is 5.82 Å². The van der Waals surface area contributed by atoms with Gasteiger partial charge in [0.15, 0.2) is 5.82 Å². The topological polar surface area (TPSA) is 102 Å². The van der Waals surface area contributed by atoms with Crippen LogP contribution < -0.4 is 5.32 Å². The molecule has 2 heterocycles. The first-order valence-corrected chi connectivity index (χ1v) is 8.19. The molecule has 2 aromatic heterocycles. The first-order chi connectivity index (χ1) is 12.4. The maximum atomic E-state index is 12.0. The fraction of sp³-hybridized carbons (Fsp3) is 0.125. The summed E-state index contributed by atoms with van der Waals surface area (Å²) in [4.78, 5) is 22.8. The van der Waals surface area contributed by atoms with Gasteiger partial charge in [-0.3, -0.25) is 14.2 Å². The van der Waals surface area contributed by atoms with Crippen LogP contribution in [0.3, 0.4) is 0 Å². The highest BCUT2D eigenvalue weighted by molar-refractivity contribution is 6.35. The highest BCUT2D eigenvalue weighted by Crippen LogP contribution is 2.21. The Morgan fingerprint density at radius 3 is 2.69 bits per heavy atom. The lowest BCUT2D eigenvalue weighted by Gasteiger charge is -2.05. The summed E-state index contributed by atoms with van der Waals surface area (Å²) in [6.07, 6.45) is 4.17. The molecule has 0 spiro atoms. The van der Waals surface area contributed by atoms with Gasteiger partial charge in [-0.05, 0) is 17.7 Å². The zero-order chi connectivity index (χ0) is 18.7. The number of carbonyl (C=O) groups is 2. The van der Waals surface area contributed by atoms with Crippen LogP contribution in [0.25, 0.3) is 0 Å². The number of rotatable bonds is 6. The highest BCUT2D eigenvalue weighted by atomic mass is 35.5. The second-order valence-electron chi connectivity index (χ2n) is 5.41. The fourth-order valence-corrected chi connectivity index (χ4v) is 2.70. The number of nitrogens with zero attached hydrogens (tertiary/aromatic N) is 4. The fourth-order valence-electron chi connectivity index (χ4n) is 2.23. The molecule has 2 N–H and O–H groups in total. The molecule has 0 aliphatic carbocycles. The predicted octanol–water partition coefficient (Wildman–Crippen LogP) is 2.77. The second kappa shape index (κ2) is 7.59. The Morgan fingerprint density at radius 1 is 1.19 bits per heavy atom. The quantitative estimate of drug-likeness (QED) is 0.670. The second-order valence-corrected chi connectivity index (χ2v) is 6.26. The molecule has 26 heavy (non-hydrogen) atoms. The minimum atomic E-state index is -1.10. The van der Waals surface area contributed by atoms with E-state index in [4.69, 9.17) is 28.3 Å². The first kappa shape index (κ1) is 18.0. The maximum absolute atomic E-state index is 12.0. The van der Waals surface area contributed by atoms with Gasteiger partial charge in [0.2, 0.25) is 5.91 Å². The van der Waals surface area contributed by atoms with Crippen molar-refractivity contribution >= 4 is 40.9 Å². The van der Waals surface area contributed by atoms with E-state index in [0.29, 0.717) is 22.4 Å². The van der Waals surface area contributed by atoms with Gasteiger partial charge in [0, 0.05) is 28.5 Å². The average Bonchev–Trinajstić information content (AvgIpc) is 3.20. The number of hydrogen-bond acceptors (Lipinski definition) is 4. The van der Waals surface area contributed by atoms with Crippen molar-refractivity contribution in [2.45, 2.75) is 13.1 Å². The van der Waals surface area contributed by atoms with Crippen molar-refractivity contribution in [3.8, 4) is 0 Å². The standard InChI is InChI=1S/C16H13Cl2N5O3/c17-12-2-1-10(13(18)5-12)7-22-4-3-14(21-22)20-15(24)9-23-8-11(6-19-23)16(25)26/h1-6,8H,7,9H2,(H,25,26)(H,20,21,24). The van der Waals surface area contributed by atoms with E-state index in [2.05, 4.69) is 15.5 Å². The summed E-state index contributed by atoms with van der Waals surface area (Å²) in [5.74, 6) is -1.11. The van der Waals surface area contributed by atoms with Crippen LogP contribution in [0.1, 0.15) is 15.9 Å². The highest BCUT2D eigenvalue weighted by Gasteiger charge is 2.11. The summed E-state index contributed by atoms with van der Waals surface area (Å²) in [6, 6.07) is 6.85. The van der Waals surface area contributed by atoms with Crippen LogP contribution >= 0.6 is 23.2 Å². The van der Waals surface area contributed by atoms with Crippen molar-refractivity contribution in [1.82, 2.24) is 19.6 Å². The Bertz CT molecular complexity index is 966. The molecule has 0 saturated heterocycles.